The van der Waals surface area contributed by atoms with Crippen molar-refractivity contribution in [1.29, 1.82) is 0 Å². The average Bonchev–Trinajstić information content (AvgIpc) is 3.47. The van der Waals surface area contributed by atoms with Gasteiger partial charge in [-0.1, -0.05) is 36.4 Å². The second-order valence-electron chi connectivity index (χ2n) is 7.84. The summed E-state index contributed by atoms with van der Waals surface area (Å²) in [6.45, 7) is 2.72. The van der Waals surface area contributed by atoms with E-state index in [-0.39, 0.29) is 12.1 Å². The van der Waals surface area contributed by atoms with Crippen molar-refractivity contribution in [3.8, 4) is 0 Å². The van der Waals surface area contributed by atoms with Gasteiger partial charge in [0.15, 0.2) is 0 Å². The topological polar surface area (TPSA) is 59.3 Å². The van der Waals surface area contributed by atoms with Crippen molar-refractivity contribution in [2.75, 3.05) is 11.9 Å². The predicted octanol–water partition coefficient (Wildman–Crippen LogP) is 3.88. The molecule has 1 aliphatic carbocycles. The zero-order chi connectivity index (χ0) is 18.5. The number of anilines is 1. The summed E-state index contributed by atoms with van der Waals surface area (Å²) in [6.07, 6.45) is 1.46. The smallest absolute Gasteiger partial charge is 0.113 e. The molecule has 5 rings (SSSR count). The number of imidazole rings is 1. The monoisotopic (exact) mass is 363 g/mol. The molecule has 5 heteroatoms. The van der Waals surface area contributed by atoms with Gasteiger partial charge in [-0.3, -0.25) is 0 Å². The molecule has 2 aliphatic rings. The number of benzene rings is 2. The van der Waals surface area contributed by atoms with E-state index in [0.717, 1.165) is 33.7 Å². The molecule has 0 radical (unpaired) electrons. The predicted molar refractivity (Wildman–Crippen MR) is 106 cm³/mol. The van der Waals surface area contributed by atoms with Gasteiger partial charge < -0.3 is 19.7 Å². The third kappa shape index (κ3) is 2.82. The lowest BCUT2D eigenvalue weighted by Gasteiger charge is -2.38. The van der Waals surface area contributed by atoms with E-state index in [1.165, 1.54) is 12.8 Å². The molecule has 5 nitrogen and oxygen atoms in total. The first-order chi connectivity index (χ1) is 13.1. The molecule has 1 saturated carbocycles. The Labute approximate surface area is 159 Å². The molecule has 2 aromatic carbocycles. The number of nitrogens with one attached hydrogen (secondary N) is 1. The Kier molecular flexibility index (Phi) is 3.95. The highest BCUT2D eigenvalue weighted by atomic mass is 16.5. The number of fused-ring (bicyclic) bond motifs is 3. The van der Waals surface area contributed by atoms with Gasteiger partial charge in [0.25, 0.3) is 0 Å². The molecule has 1 aliphatic heterocycles. The minimum absolute atomic E-state index is 0.226. The number of nitrogens with zero attached hydrogens (tertiary/aromatic N) is 2. The van der Waals surface area contributed by atoms with Crippen LogP contribution in [0.3, 0.4) is 0 Å². The highest BCUT2D eigenvalue weighted by Crippen LogP contribution is 2.45. The van der Waals surface area contributed by atoms with Crippen molar-refractivity contribution in [2.45, 2.75) is 38.0 Å². The number of hydrogen-bond acceptors (Lipinski definition) is 4. The van der Waals surface area contributed by atoms with Crippen LogP contribution in [0.5, 0.6) is 0 Å². The van der Waals surface area contributed by atoms with Crippen molar-refractivity contribution in [2.24, 2.45) is 13.0 Å². The number of hydrogen-bond donors (Lipinski definition) is 2. The van der Waals surface area contributed by atoms with E-state index in [4.69, 9.17) is 9.72 Å². The van der Waals surface area contributed by atoms with Gasteiger partial charge in [-0.25, -0.2) is 4.98 Å². The van der Waals surface area contributed by atoms with E-state index in [1.807, 2.05) is 44.3 Å². The van der Waals surface area contributed by atoms with Gasteiger partial charge in [-0.2, -0.15) is 0 Å². The number of aryl methyl sites for hydroxylation is 2. The second kappa shape index (κ2) is 6.36. The highest BCUT2D eigenvalue weighted by Gasteiger charge is 2.39. The molecule has 3 aromatic rings. The maximum atomic E-state index is 11.2. The zero-order valence-electron chi connectivity index (χ0n) is 15.7. The van der Waals surface area contributed by atoms with Gasteiger partial charge >= 0.3 is 0 Å². The summed E-state index contributed by atoms with van der Waals surface area (Å²) in [5.74, 6) is 1.62. The first-order valence-corrected chi connectivity index (χ1v) is 9.70. The number of aromatic nitrogens is 2. The molecule has 0 spiro atoms. The fourth-order valence-electron chi connectivity index (χ4n) is 4.03. The fourth-order valence-corrected chi connectivity index (χ4v) is 4.03. The van der Waals surface area contributed by atoms with Crippen LogP contribution in [-0.4, -0.2) is 27.4 Å². The van der Waals surface area contributed by atoms with E-state index < -0.39 is 6.10 Å². The Morgan fingerprint density at radius 1 is 1.19 bits per heavy atom. The largest absolute Gasteiger partial charge is 0.388 e. The summed E-state index contributed by atoms with van der Waals surface area (Å²) in [6, 6.07) is 14.0. The molecule has 1 aromatic heterocycles. The van der Waals surface area contributed by atoms with Gasteiger partial charge in [-0.15, -0.1) is 0 Å². The van der Waals surface area contributed by atoms with Crippen molar-refractivity contribution in [3.63, 3.8) is 0 Å². The molecule has 3 unspecified atom stereocenters. The quantitative estimate of drug-likeness (QED) is 0.739. The molecular formula is C22H25N3O2. The molecule has 2 heterocycles. The van der Waals surface area contributed by atoms with Crippen LogP contribution in [-0.2, 0) is 11.8 Å². The SMILES string of the molecule is Cc1nc2c3c(ccc2n1C)C(OCC1CC1)C(O)C(c1ccccc1)N3. The first kappa shape index (κ1) is 16.8. The van der Waals surface area contributed by atoms with Gasteiger partial charge in [0.05, 0.1) is 23.9 Å². The van der Waals surface area contributed by atoms with E-state index >= 15 is 0 Å². The summed E-state index contributed by atoms with van der Waals surface area (Å²) >= 11 is 0. The Morgan fingerprint density at radius 3 is 2.70 bits per heavy atom. The molecule has 27 heavy (non-hydrogen) atoms. The summed E-state index contributed by atoms with van der Waals surface area (Å²) in [7, 11) is 2.03. The summed E-state index contributed by atoms with van der Waals surface area (Å²) in [4.78, 5) is 4.78. The third-order valence-corrected chi connectivity index (χ3v) is 5.93. The first-order valence-electron chi connectivity index (χ1n) is 9.70. The average molecular weight is 363 g/mol. The summed E-state index contributed by atoms with van der Waals surface area (Å²) in [5.41, 5.74) is 5.07. The van der Waals surface area contributed by atoms with Crippen LogP contribution in [0.2, 0.25) is 0 Å². The number of aliphatic hydroxyl groups excluding tert-OH is 1. The Hall–Kier alpha value is -2.37. The summed E-state index contributed by atoms with van der Waals surface area (Å²) in [5, 5.41) is 14.8. The lowest BCUT2D eigenvalue weighted by atomic mass is 9.88. The lowest BCUT2D eigenvalue weighted by molar-refractivity contribution is -0.0543. The van der Waals surface area contributed by atoms with Crippen molar-refractivity contribution in [3.05, 3.63) is 59.4 Å². The van der Waals surface area contributed by atoms with Gasteiger partial charge in [0.1, 0.15) is 23.5 Å². The van der Waals surface area contributed by atoms with E-state index in [2.05, 4.69) is 22.0 Å². The van der Waals surface area contributed by atoms with Gasteiger partial charge in [-0.05, 0) is 37.3 Å². The van der Waals surface area contributed by atoms with Crippen LogP contribution in [0.15, 0.2) is 42.5 Å². The van der Waals surface area contributed by atoms with Crippen LogP contribution >= 0.6 is 0 Å². The van der Waals surface area contributed by atoms with Crippen LogP contribution in [0.4, 0.5) is 5.69 Å². The van der Waals surface area contributed by atoms with Gasteiger partial charge in [0.2, 0.25) is 0 Å². The normalized spacial score (nSPS) is 24.6. The summed E-state index contributed by atoms with van der Waals surface area (Å²) < 4.78 is 8.36. The highest BCUT2D eigenvalue weighted by molar-refractivity contribution is 5.92. The van der Waals surface area contributed by atoms with Crippen LogP contribution in [0, 0.1) is 12.8 Å². The van der Waals surface area contributed by atoms with Crippen molar-refractivity contribution < 1.29 is 9.84 Å². The Bertz CT molecular complexity index is 978. The molecule has 3 atom stereocenters. The minimum atomic E-state index is -0.652. The molecule has 140 valence electrons. The second-order valence-corrected chi connectivity index (χ2v) is 7.84. The molecular weight excluding hydrogens is 338 g/mol. The van der Waals surface area contributed by atoms with Gasteiger partial charge in [0, 0.05) is 12.6 Å². The molecule has 0 amide bonds. The Balaban J connectivity index is 1.63. The maximum Gasteiger partial charge on any atom is 0.113 e. The molecule has 0 bridgehead atoms. The van der Waals surface area contributed by atoms with Crippen molar-refractivity contribution >= 4 is 16.7 Å². The van der Waals surface area contributed by atoms with Crippen molar-refractivity contribution in [1.82, 2.24) is 9.55 Å². The number of aliphatic hydroxyl groups is 1. The number of rotatable bonds is 4. The van der Waals surface area contributed by atoms with E-state index in [0.29, 0.717) is 12.5 Å². The maximum absolute atomic E-state index is 11.2. The van der Waals surface area contributed by atoms with E-state index in [9.17, 15) is 5.11 Å². The fraction of sp³-hybridized carbons (Fsp3) is 0.409. The molecule has 0 saturated heterocycles. The van der Waals surface area contributed by atoms with Crippen LogP contribution < -0.4 is 5.32 Å². The molecule has 1 fully saturated rings. The standard InChI is InChI=1S/C22H25N3O2/c1-13-23-20-17(25(13)2)11-10-16-19(20)24-18(15-6-4-3-5-7-15)21(26)22(16)27-12-14-8-9-14/h3-7,10-11,14,18,21-22,24,26H,8-9,12H2,1-2H3. The van der Waals surface area contributed by atoms with E-state index in [1.54, 1.807) is 0 Å². The van der Waals surface area contributed by atoms with Crippen LogP contribution in [0.25, 0.3) is 11.0 Å². The third-order valence-electron chi connectivity index (χ3n) is 5.93. The molecule has 2 N–H and O–H groups in total. The number of ether oxygens (including phenoxy) is 1. The zero-order valence-corrected chi connectivity index (χ0v) is 15.7. The lowest BCUT2D eigenvalue weighted by Crippen LogP contribution is -2.37. The minimum Gasteiger partial charge on any atom is -0.388 e. The van der Waals surface area contributed by atoms with Crippen LogP contribution in [0.1, 0.15) is 41.9 Å². The Morgan fingerprint density at radius 2 is 1.96 bits per heavy atom.